The number of urea groups is 1. The highest BCUT2D eigenvalue weighted by molar-refractivity contribution is 7.89. The number of aromatic nitrogens is 2. The smallest absolute Gasteiger partial charge is 0.325 e. The summed E-state index contributed by atoms with van der Waals surface area (Å²) in [6.45, 7) is 2.69. The molecule has 0 radical (unpaired) electrons. The first-order chi connectivity index (χ1) is 16.7. The van der Waals surface area contributed by atoms with E-state index < -0.39 is 21.6 Å². The highest BCUT2D eigenvalue weighted by Crippen LogP contribution is 2.34. The van der Waals surface area contributed by atoms with E-state index in [2.05, 4.69) is 16.4 Å². The fourth-order valence-corrected chi connectivity index (χ4v) is 6.03. The molecule has 3 amide bonds. The SMILES string of the molecule is CCCn1c(CN2C(=O)NC3(CCc4ccccc4C3)C2=O)nc2cc(S(=O)(=O)N(C)C)ccc21. The van der Waals surface area contributed by atoms with E-state index in [-0.39, 0.29) is 17.3 Å². The number of fused-ring (bicyclic) bond motifs is 2. The summed E-state index contributed by atoms with van der Waals surface area (Å²) in [5, 5.41) is 2.97. The van der Waals surface area contributed by atoms with Gasteiger partial charge in [-0.15, -0.1) is 0 Å². The molecule has 1 unspecified atom stereocenters. The van der Waals surface area contributed by atoms with Crippen molar-refractivity contribution in [2.45, 2.75) is 56.1 Å². The van der Waals surface area contributed by atoms with E-state index >= 15 is 0 Å². The molecule has 35 heavy (non-hydrogen) atoms. The zero-order valence-corrected chi connectivity index (χ0v) is 20.9. The van der Waals surface area contributed by atoms with Crippen LogP contribution in [0.1, 0.15) is 36.7 Å². The predicted octanol–water partition coefficient (Wildman–Crippen LogP) is 2.68. The first-order valence-corrected chi connectivity index (χ1v) is 13.2. The molecule has 10 heteroatoms. The van der Waals surface area contributed by atoms with Crippen LogP contribution in [0.15, 0.2) is 47.4 Å². The van der Waals surface area contributed by atoms with Crippen LogP contribution >= 0.6 is 0 Å². The molecule has 1 aliphatic heterocycles. The summed E-state index contributed by atoms with van der Waals surface area (Å²) in [4.78, 5) is 32.6. The number of hydrogen-bond donors (Lipinski definition) is 1. The Balaban J connectivity index is 1.48. The van der Waals surface area contributed by atoms with E-state index in [0.29, 0.717) is 30.7 Å². The van der Waals surface area contributed by atoms with Gasteiger partial charge in [0.2, 0.25) is 10.0 Å². The number of hydrogen-bond acceptors (Lipinski definition) is 5. The summed E-state index contributed by atoms with van der Waals surface area (Å²) in [5.41, 5.74) is 2.66. The highest BCUT2D eigenvalue weighted by atomic mass is 32.2. The summed E-state index contributed by atoms with van der Waals surface area (Å²) in [6.07, 6.45) is 2.58. The standard InChI is InChI=1S/C25H29N5O4S/c1-4-13-29-21-10-9-19(35(33,34)28(2)3)14-20(21)26-22(29)16-30-23(31)25(27-24(30)32)12-11-17-7-5-6-8-18(17)15-25/h5-10,14H,4,11-13,15-16H2,1-3H3,(H,27,32). The average molecular weight is 496 g/mol. The zero-order valence-electron chi connectivity index (χ0n) is 20.1. The summed E-state index contributed by atoms with van der Waals surface area (Å²) < 4.78 is 28.3. The lowest BCUT2D eigenvalue weighted by molar-refractivity contribution is -0.132. The normalized spacial score (nSPS) is 20.2. The molecule has 2 aromatic carbocycles. The molecular weight excluding hydrogens is 466 g/mol. The number of nitrogens with one attached hydrogen (secondary N) is 1. The van der Waals surface area contributed by atoms with Gasteiger partial charge in [-0.1, -0.05) is 31.2 Å². The molecular formula is C25H29N5O4S. The number of nitrogens with zero attached hydrogens (tertiary/aromatic N) is 4. The molecule has 0 bridgehead atoms. The van der Waals surface area contributed by atoms with Crippen LogP contribution in [0.2, 0.25) is 0 Å². The van der Waals surface area contributed by atoms with E-state index in [1.165, 1.54) is 24.6 Å². The van der Waals surface area contributed by atoms with Crippen molar-refractivity contribution in [1.29, 1.82) is 0 Å². The fraction of sp³-hybridized carbons (Fsp3) is 0.400. The third kappa shape index (κ3) is 3.81. The van der Waals surface area contributed by atoms with Gasteiger partial charge in [-0.25, -0.2) is 22.5 Å². The fourth-order valence-electron chi connectivity index (χ4n) is 5.11. The number of carbonyl (C=O) groups excluding carboxylic acids is 2. The second kappa shape index (κ2) is 8.46. The lowest BCUT2D eigenvalue weighted by atomic mass is 9.78. The first kappa shape index (κ1) is 23.5. The Hall–Kier alpha value is -3.24. The van der Waals surface area contributed by atoms with Crippen LogP contribution in [0.4, 0.5) is 4.79 Å². The van der Waals surface area contributed by atoms with E-state index in [4.69, 9.17) is 0 Å². The summed E-state index contributed by atoms with van der Waals surface area (Å²) >= 11 is 0. The average Bonchev–Trinajstić information content (AvgIpc) is 3.28. The van der Waals surface area contributed by atoms with Gasteiger partial charge in [-0.05, 0) is 48.6 Å². The van der Waals surface area contributed by atoms with Crippen molar-refractivity contribution < 1.29 is 18.0 Å². The van der Waals surface area contributed by atoms with Crippen molar-refractivity contribution in [3.05, 3.63) is 59.4 Å². The molecule has 2 aliphatic rings. The first-order valence-electron chi connectivity index (χ1n) is 11.8. The molecule has 1 atom stereocenters. The second-order valence-electron chi connectivity index (χ2n) is 9.47. The Morgan fingerprint density at radius 1 is 1.11 bits per heavy atom. The van der Waals surface area contributed by atoms with Gasteiger partial charge in [-0.2, -0.15) is 0 Å². The monoisotopic (exact) mass is 495 g/mol. The Morgan fingerprint density at radius 2 is 1.86 bits per heavy atom. The number of imide groups is 1. The van der Waals surface area contributed by atoms with Crippen LogP contribution in [0.3, 0.4) is 0 Å². The maximum absolute atomic E-state index is 13.6. The minimum absolute atomic E-state index is 0.0263. The highest BCUT2D eigenvalue weighted by Gasteiger charge is 2.52. The van der Waals surface area contributed by atoms with Crippen molar-refractivity contribution >= 4 is 33.0 Å². The van der Waals surface area contributed by atoms with Crippen molar-refractivity contribution in [2.75, 3.05) is 14.1 Å². The van der Waals surface area contributed by atoms with Gasteiger partial charge in [0.05, 0.1) is 22.5 Å². The Morgan fingerprint density at radius 3 is 2.57 bits per heavy atom. The number of rotatable bonds is 6. The van der Waals surface area contributed by atoms with Crippen LogP contribution in [0.5, 0.6) is 0 Å². The van der Waals surface area contributed by atoms with Gasteiger partial charge >= 0.3 is 6.03 Å². The molecule has 2 heterocycles. The van der Waals surface area contributed by atoms with Crippen LogP contribution in [-0.2, 0) is 40.7 Å². The molecule has 184 valence electrons. The van der Waals surface area contributed by atoms with Gasteiger partial charge in [-0.3, -0.25) is 9.69 Å². The number of carbonyl (C=O) groups is 2. The number of benzene rings is 2. The Bertz CT molecular complexity index is 1450. The zero-order chi connectivity index (χ0) is 25.0. The van der Waals surface area contributed by atoms with Crippen LogP contribution in [-0.4, -0.2) is 58.7 Å². The van der Waals surface area contributed by atoms with Gasteiger partial charge in [0.1, 0.15) is 11.4 Å². The van der Waals surface area contributed by atoms with E-state index in [1.807, 2.05) is 29.7 Å². The molecule has 1 spiro atoms. The molecule has 1 aliphatic carbocycles. The van der Waals surface area contributed by atoms with Crippen molar-refractivity contribution in [1.82, 2.24) is 24.1 Å². The summed E-state index contributed by atoms with van der Waals surface area (Å²) in [7, 11) is -0.644. The lowest BCUT2D eigenvalue weighted by Crippen LogP contribution is -2.51. The quantitative estimate of drug-likeness (QED) is 0.530. The topological polar surface area (TPSA) is 105 Å². The lowest BCUT2D eigenvalue weighted by Gasteiger charge is -2.32. The maximum Gasteiger partial charge on any atom is 0.325 e. The van der Waals surface area contributed by atoms with Gasteiger partial charge in [0.15, 0.2) is 0 Å². The number of imidazole rings is 1. The molecule has 5 rings (SSSR count). The van der Waals surface area contributed by atoms with Crippen LogP contribution < -0.4 is 5.32 Å². The third-order valence-corrected chi connectivity index (χ3v) is 8.81. The van der Waals surface area contributed by atoms with Crippen molar-refractivity contribution in [2.24, 2.45) is 0 Å². The molecule has 1 aromatic heterocycles. The molecule has 0 saturated carbocycles. The van der Waals surface area contributed by atoms with Gasteiger partial charge < -0.3 is 9.88 Å². The number of aryl methyl sites for hydroxylation is 2. The van der Waals surface area contributed by atoms with Crippen molar-refractivity contribution in [3.63, 3.8) is 0 Å². The molecule has 1 N–H and O–H groups in total. The van der Waals surface area contributed by atoms with E-state index in [9.17, 15) is 18.0 Å². The van der Waals surface area contributed by atoms with E-state index in [0.717, 1.165) is 28.2 Å². The Kier molecular flexibility index (Phi) is 5.68. The third-order valence-electron chi connectivity index (χ3n) is 7.00. The largest absolute Gasteiger partial charge is 0.326 e. The predicted molar refractivity (Wildman–Crippen MR) is 131 cm³/mol. The second-order valence-corrected chi connectivity index (χ2v) is 11.6. The van der Waals surface area contributed by atoms with Crippen molar-refractivity contribution in [3.8, 4) is 0 Å². The van der Waals surface area contributed by atoms with Crippen LogP contribution in [0.25, 0.3) is 11.0 Å². The number of amides is 3. The minimum Gasteiger partial charge on any atom is -0.326 e. The minimum atomic E-state index is -3.61. The van der Waals surface area contributed by atoms with Crippen LogP contribution in [0, 0.1) is 0 Å². The number of sulfonamides is 1. The summed E-state index contributed by atoms with van der Waals surface area (Å²) in [5.74, 6) is 0.320. The molecule has 3 aromatic rings. The van der Waals surface area contributed by atoms with E-state index in [1.54, 1.807) is 18.2 Å². The summed E-state index contributed by atoms with van der Waals surface area (Å²) in [6, 6.07) is 12.5. The van der Waals surface area contributed by atoms with Gasteiger partial charge in [0.25, 0.3) is 5.91 Å². The molecule has 1 saturated heterocycles. The maximum atomic E-state index is 13.6. The van der Waals surface area contributed by atoms with Gasteiger partial charge in [0, 0.05) is 27.1 Å². The molecule has 1 fully saturated rings. The Labute approximate surface area is 204 Å². The molecule has 9 nitrogen and oxygen atoms in total.